The number of rotatable bonds is 15. The largest absolute Gasteiger partial charge is 0.496 e. The fraction of sp³-hybridized carbons (Fsp3) is 0.412. The second-order valence-corrected chi connectivity index (χ2v) is 11.1. The number of hydrogen-bond donors (Lipinski definition) is 0. The number of hydrogen-bond acceptors (Lipinski definition) is 5. The first-order valence-corrected chi connectivity index (χ1v) is 15.0. The number of benzene rings is 2. The van der Waals surface area contributed by atoms with E-state index in [0.29, 0.717) is 35.8 Å². The summed E-state index contributed by atoms with van der Waals surface area (Å²) in [6.07, 6.45) is 7.77. The van der Waals surface area contributed by atoms with Crippen LogP contribution in [-0.4, -0.2) is 36.6 Å². The molecular weight excluding hydrogens is 550 g/mol. The van der Waals surface area contributed by atoms with Crippen LogP contribution in [0.3, 0.4) is 0 Å². The number of ether oxygens (including phenoxy) is 3. The van der Waals surface area contributed by atoms with Crippen molar-refractivity contribution in [2.24, 2.45) is 5.92 Å². The van der Waals surface area contributed by atoms with Crippen LogP contribution in [0.25, 0.3) is 5.65 Å². The van der Waals surface area contributed by atoms with Crippen LogP contribution in [0.5, 0.6) is 17.2 Å². The van der Waals surface area contributed by atoms with Crippen molar-refractivity contribution in [3.63, 3.8) is 0 Å². The molecule has 2 aromatic carbocycles. The van der Waals surface area contributed by atoms with Gasteiger partial charge in [-0.15, -0.1) is 0 Å². The Morgan fingerprint density at radius 1 is 1.02 bits per heavy atom. The number of amides is 1. The fourth-order valence-electron chi connectivity index (χ4n) is 5.27. The summed E-state index contributed by atoms with van der Waals surface area (Å²) in [6.45, 7) is 4.56. The first kappa shape index (κ1) is 31.2. The standard InChI is InChI=1S/C34H41ClN3O4/c1-6-7-10-24-13-15-29(40-3)26(20-24)21-28-27(37-31-11-8-9-18-38(28)31)22-36-32(39)17-12-23(2)19-25-14-16-30(41-4)34(42-5)33(25)35/h8-9,11,13-16,18,20,23H,6-7,10,12,17,19,21-22H2,1-5H3. The number of fused-ring (bicyclic) bond motifs is 1. The van der Waals surface area contributed by atoms with E-state index in [-0.39, 0.29) is 18.4 Å². The monoisotopic (exact) mass is 590 g/mol. The minimum absolute atomic E-state index is 0.123. The molecule has 7 nitrogen and oxygen atoms in total. The Bertz CT molecular complexity index is 1500. The summed E-state index contributed by atoms with van der Waals surface area (Å²) in [7, 11) is 4.87. The average molecular weight is 591 g/mol. The molecule has 1 atom stereocenters. The third-order valence-electron chi connectivity index (χ3n) is 7.62. The van der Waals surface area contributed by atoms with Crippen molar-refractivity contribution < 1.29 is 19.0 Å². The summed E-state index contributed by atoms with van der Waals surface area (Å²) in [4.78, 5) is 17.7. The lowest BCUT2D eigenvalue weighted by Crippen LogP contribution is -2.17. The van der Waals surface area contributed by atoms with E-state index in [2.05, 4.69) is 35.7 Å². The van der Waals surface area contributed by atoms with Gasteiger partial charge in [0.1, 0.15) is 11.4 Å². The molecule has 223 valence electrons. The summed E-state index contributed by atoms with van der Waals surface area (Å²) in [5.74, 6) is 2.09. The molecule has 0 N–H and O–H groups in total. The van der Waals surface area contributed by atoms with E-state index in [4.69, 9.17) is 30.8 Å². The number of aryl methyl sites for hydroxylation is 1. The highest BCUT2D eigenvalue weighted by Gasteiger charge is 2.19. The fourth-order valence-corrected chi connectivity index (χ4v) is 5.58. The number of methoxy groups -OCH3 is 3. The van der Waals surface area contributed by atoms with E-state index in [1.807, 2.05) is 42.6 Å². The summed E-state index contributed by atoms with van der Waals surface area (Å²) >= 11 is 6.57. The molecule has 0 fully saturated rings. The summed E-state index contributed by atoms with van der Waals surface area (Å²) in [5.41, 5.74) is 6.03. The van der Waals surface area contributed by atoms with Gasteiger partial charge in [-0.1, -0.05) is 56.1 Å². The van der Waals surface area contributed by atoms with Gasteiger partial charge in [0.05, 0.1) is 44.3 Å². The van der Waals surface area contributed by atoms with Crippen LogP contribution in [0, 0.1) is 5.92 Å². The Balaban J connectivity index is 1.42. The second kappa shape index (κ2) is 15.0. The Morgan fingerprint density at radius 3 is 2.55 bits per heavy atom. The van der Waals surface area contributed by atoms with Crippen molar-refractivity contribution in [1.82, 2.24) is 14.7 Å². The van der Waals surface area contributed by atoms with Gasteiger partial charge in [-0.3, -0.25) is 4.79 Å². The zero-order chi connectivity index (χ0) is 30.1. The summed E-state index contributed by atoms with van der Waals surface area (Å²) < 4.78 is 18.5. The van der Waals surface area contributed by atoms with Gasteiger partial charge >= 0.3 is 0 Å². The molecular formula is C34H41ClN3O4. The second-order valence-electron chi connectivity index (χ2n) is 10.7. The lowest BCUT2D eigenvalue weighted by atomic mass is 9.96. The van der Waals surface area contributed by atoms with E-state index in [0.717, 1.165) is 59.6 Å². The number of halogens is 1. The molecule has 4 aromatic rings. The molecule has 8 heteroatoms. The molecule has 0 saturated heterocycles. The van der Waals surface area contributed by atoms with Crippen LogP contribution < -0.4 is 19.5 Å². The number of unbranched alkanes of at least 4 members (excludes halogenated alkanes) is 1. The van der Waals surface area contributed by atoms with E-state index in [1.165, 1.54) is 5.56 Å². The van der Waals surface area contributed by atoms with Crippen molar-refractivity contribution in [1.29, 1.82) is 0 Å². The van der Waals surface area contributed by atoms with E-state index >= 15 is 0 Å². The van der Waals surface area contributed by atoms with Crippen LogP contribution in [0.15, 0.2) is 54.7 Å². The van der Waals surface area contributed by atoms with Crippen molar-refractivity contribution in [2.45, 2.75) is 65.3 Å². The van der Waals surface area contributed by atoms with Gasteiger partial charge in [-0.05, 0) is 67.0 Å². The molecule has 0 spiro atoms. The number of carbonyl (C=O) groups is 1. The molecule has 0 aliphatic rings. The van der Waals surface area contributed by atoms with E-state index in [1.54, 1.807) is 21.3 Å². The van der Waals surface area contributed by atoms with Crippen molar-refractivity contribution in [2.75, 3.05) is 21.3 Å². The minimum atomic E-state index is -0.123. The zero-order valence-corrected chi connectivity index (χ0v) is 26.0. The van der Waals surface area contributed by atoms with Gasteiger partial charge in [0, 0.05) is 24.6 Å². The Kier molecular flexibility index (Phi) is 11.1. The predicted molar refractivity (Wildman–Crippen MR) is 167 cm³/mol. The normalized spacial score (nSPS) is 11.9. The molecule has 0 aliphatic carbocycles. The summed E-state index contributed by atoms with van der Waals surface area (Å²) in [6, 6.07) is 16.2. The maximum Gasteiger partial charge on any atom is 0.241 e. The molecule has 2 heterocycles. The maximum absolute atomic E-state index is 12.9. The van der Waals surface area contributed by atoms with E-state index in [9.17, 15) is 4.79 Å². The number of pyridine rings is 1. The molecule has 0 saturated carbocycles. The van der Waals surface area contributed by atoms with Crippen molar-refractivity contribution in [3.05, 3.63) is 87.8 Å². The molecule has 1 radical (unpaired) electrons. The Morgan fingerprint density at radius 2 is 1.81 bits per heavy atom. The number of nitrogens with zero attached hydrogens (tertiary/aromatic N) is 3. The Hall–Kier alpha value is -3.71. The predicted octanol–water partition coefficient (Wildman–Crippen LogP) is 7.24. The van der Waals surface area contributed by atoms with Gasteiger partial charge in [0.25, 0.3) is 0 Å². The molecule has 1 amide bonds. The molecule has 0 aliphatic heterocycles. The van der Waals surface area contributed by atoms with Gasteiger partial charge in [0.2, 0.25) is 5.91 Å². The molecule has 4 rings (SSSR count). The first-order chi connectivity index (χ1) is 20.4. The topological polar surface area (TPSA) is 76.2 Å². The Labute approximate surface area is 254 Å². The number of imidazole rings is 1. The molecule has 0 bridgehead atoms. The van der Waals surface area contributed by atoms with Gasteiger partial charge in [-0.2, -0.15) is 0 Å². The van der Waals surface area contributed by atoms with Gasteiger partial charge in [-0.25, -0.2) is 10.3 Å². The number of aromatic nitrogens is 2. The van der Waals surface area contributed by atoms with Crippen LogP contribution in [0.2, 0.25) is 5.02 Å². The van der Waals surface area contributed by atoms with Crippen LogP contribution in [0.1, 0.15) is 67.6 Å². The SMILES string of the molecule is CCCCc1ccc(OC)c(Cc2c(C[N]C(=O)CCC(C)Cc3ccc(OC)c(OC)c3Cl)nc3ccccn23)c1. The molecule has 1 unspecified atom stereocenters. The van der Waals surface area contributed by atoms with Gasteiger partial charge < -0.3 is 18.6 Å². The zero-order valence-electron chi connectivity index (χ0n) is 25.3. The van der Waals surface area contributed by atoms with Crippen LogP contribution >= 0.6 is 11.6 Å². The van der Waals surface area contributed by atoms with Crippen LogP contribution in [-0.2, 0) is 30.6 Å². The lowest BCUT2D eigenvalue weighted by molar-refractivity contribution is -0.121. The highest BCUT2D eigenvalue weighted by atomic mass is 35.5. The van der Waals surface area contributed by atoms with E-state index < -0.39 is 0 Å². The highest BCUT2D eigenvalue weighted by Crippen LogP contribution is 2.38. The third kappa shape index (κ3) is 7.57. The lowest BCUT2D eigenvalue weighted by Gasteiger charge is -2.16. The number of carbonyl (C=O) groups excluding carboxylic acids is 1. The highest BCUT2D eigenvalue weighted by molar-refractivity contribution is 6.33. The van der Waals surface area contributed by atoms with Crippen molar-refractivity contribution >= 4 is 23.2 Å². The first-order valence-electron chi connectivity index (χ1n) is 14.6. The maximum atomic E-state index is 12.9. The quantitative estimate of drug-likeness (QED) is 0.146. The van der Waals surface area contributed by atoms with Crippen molar-refractivity contribution in [3.8, 4) is 17.2 Å². The average Bonchev–Trinajstić information content (AvgIpc) is 3.35. The van der Waals surface area contributed by atoms with Crippen LogP contribution in [0.4, 0.5) is 0 Å². The molecule has 42 heavy (non-hydrogen) atoms. The molecule has 2 aromatic heterocycles. The summed E-state index contributed by atoms with van der Waals surface area (Å²) in [5, 5.41) is 4.98. The smallest absolute Gasteiger partial charge is 0.241 e. The van der Waals surface area contributed by atoms with Gasteiger partial charge in [0.15, 0.2) is 11.5 Å². The third-order valence-corrected chi connectivity index (χ3v) is 8.04. The minimum Gasteiger partial charge on any atom is -0.496 e.